The summed E-state index contributed by atoms with van der Waals surface area (Å²) < 4.78 is 44.7. The third-order valence-electron chi connectivity index (χ3n) is 8.91. The third kappa shape index (κ3) is 14.6. The summed E-state index contributed by atoms with van der Waals surface area (Å²) in [5.74, 6) is 0. The van der Waals surface area contributed by atoms with E-state index in [1.165, 1.54) is 0 Å². The van der Waals surface area contributed by atoms with Crippen molar-refractivity contribution in [3.8, 4) is 0 Å². The molecule has 52 heavy (non-hydrogen) atoms. The van der Waals surface area contributed by atoms with Gasteiger partial charge in [0.05, 0.1) is 38.6 Å². The number of hydrogen-bond acceptors (Lipinski definition) is 8. The topological polar surface area (TPSA) is 93.7 Å². The SMILES string of the molecule is C=C[C@H](OCOC)[C@H](NC(=O)OC(C)(C)C)[C@@H](OCc1ccccc1)[C@H](OCc1ccccc1)[C@H](COCc1ccccc1)O[Si](C)(C)C(C)(C)C. The highest BCUT2D eigenvalue weighted by Gasteiger charge is 2.46. The predicted octanol–water partition coefficient (Wildman–Crippen LogP) is 8.83. The lowest BCUT2D eigenvalue weighted by atomic mass is 9.95. The molecule has 0 heterocycles. The van der Waals surface area contributed by atoms with Crippen molar-refractivity contribution in [3.05, 3.63) is 120 Å². The Morgan fingerprint density at radius 3 is 1.67 bits per heavy atom. The minimum atomic E-state index is -2.46. The molecule has 0 unspecified atom stereocenters. The summed E-state index contributed by atoms with van der Waals surface area (Å²) in [5.41, 5.74) is 2.20. The Hall–Kier alpha value is -3.35. The number of amides is 1. The van der Waals surface area contributed by atoms with Gasteiger partial charge in [0.25, 0.3) is 0 Å². The molecule has 0 aromatic heterocycles. The lowest BCUT2D eigenvalue weighted by Crippen LogP contribution is -2.61. The number of rotatable bonds is 21. The first-order chi connectivity index (χ1) is 24.6. The lowest BCUT2D eigenvalue weighted by Gasteiger charge is -2.44. The van der Waals surface area contributed by atoms with E-state index in [1.54, 1.807) is 13.2 Å². The van der Waals surface area contributed by atoms with Crippen LogP contribution in [0.15, 0.2) is 104 Å². The molecule has 1 N–H and O–H groups in total. The Kier molecular flexibility index (Phi) is 17.2. The summed E-state index contributed by atoms with van der Waals surface area (Å²) in [5, 5.41) is 2.94. The van der Waals surface area contributed by atoms with E-state index in [2.05, 4.69) is 45.8 Å². The summed E-state index contributed by atoms with van der Waals surface area (Å²) in [6.45, 7) is 21.5. The molecule has 9 nitrogen and oxygen atoms in total. The molecule has 0 saturated heterocycles. The number of nitrogens with one attached hydrogen (secondary N) is 1. The molecular formula is C42H61NO8Si. The molecule has 0 radical (unpaired) electrons. The first kappa shape index (κ1) is 43.1. The quantitative estimate of drug-likeness (QED) is 0.0659. The lowest BCUT2D eigenvalue weighted by molar-refractivity contribution is -0.167. The van der Waals surface area contributed by atoms with Gasteiger partial charge < -0.3 is 38.2 Å². The van der Waals surface area contributed by atoms with E-state index in [1.807, 2.05) is 112 Å². The molecule has 3 aromatic rings. The van der Waals surface area contributed by atoms with E-state index < -0.39 is 50.5 Å². The van der Waals surface area contributed by atoms with Crippen molar-refractivity contribution in [3.63, 3.8) is 0 Å². The summed E-state index contributed by atoms with van der Waals surface area (Å²) >= 11 is 0. The maximum absolute atomic E-state index is 13.6. The molecule has 0 fully saturated rings. The zero-order valence-electron chi connectivity index (χ0n) is 32.6. The second-order valence-electron chi connectivity index (χ2n) is 15.4. The van der Waals surface area contributed by atoms with E-state index in [0.717, 1.165) is 16.7 Å². The Morgan fingerprint density at radius 2 is 1.23 bits per heavy atom. The van der Waals surface area contributed by atoms with Crippen LogP contribution in [-0.2, 0) is 52.7 Å². The Bertz CT molecular complexity index is 1440. The van der Waals surface area contributed by atoms with Gasteiger partial charge in [0.1, 0.15) is 30.7 Å². The van der Waals surface area contributed by atoms with Crippen molar-refractivity contribution in [1.29, 1.82) is 0 Å². The fourth-order valence-electron chi connectivity index (χ4n) is 5.23. The minimum Gasteiger partial charge on any atom is -0.444 e. The smallest absolute Gasteiger partial charge is 0.408 e. The molecule has 5 atom stereocenters. The van der Waals surface area contributed by atoms with Gasteiger partial charge in [0, 0.05) is 7.11 Å². The highest BCUT2D eigenvalue weighted by atomic mass is 28.4. The Labute approximate surface area is 313 Å². The summed E-state index contributed by atoms with van der Waals surface area (Å²) in [6, 6.07) is 29.0. The van der Waals surface area contributed by atoms with Crippen LogP contribution < -0.4 is 5.32 Å². The zero-order valence-corrected chi connectivity index (χ0v) is 33.6. The molecule has 0 bridgehead atoms. The van der Waals surface area contributed by atoms with Crippen LogP contribution in [0.25, 0.3) is 0 Å². The van der Waals surface area contributed by atoms with E-state index >= 15 is 0 Å². The first-order valence-electron chi connectivity index (χ1n) is 18.0. The molecule has 0 aliphatic rings. The monoisotopic (exact) mass is 735 g/mol. The summed E-state index contributed by atoms with van der Waals surface area (Å²) in [4.78, 5) is 13.6. The van der Waals surface area contributed by atoms with Crippen LogP contribution in [0, 0.1) is 0 Å². The standard InChI is InChI=1S/C42H61NO8Si/c1-11-35(49-31-45-8)37(43-40(44)50-41(2,3)4)39(48-29-34-25-19-14-20-26-34)38(47-28-33-23-17-13-18-24-33)36(51-52(9,10)42(5,6)7)30-46-27-32-21-15-12-16-22-32/h11-26,35-39H,1,27-31H2,2-10H3,(H,43,44)/t35-,36-,37-,38+,39+/m0/s1. The van der Waals surface area contributed by atoms with Gasteiger partial charge in [-0.25, -0.2) is 4.79 Å². The molecule has 0 spiro atoms. The number of carbonyl (C=O) groups excluding carboxylic acids is 1. The van der Waals surface area contributed by atoms with Crippen LogP contribution in [0.3, 0.4) is 0 Å². The van der Waals surface area contributed by atoms with Gasteiger partial charge in [0.2, 0.25) is 0 Å². The van der Waals surface area contributed by atoms with Gasteiger partial charge in [-0.2, -0.15) is 0 Å². The molecular weight excluding hydrogens is 675 g/mol. The molecule has 10 heteroatoms. The average molecular weight is 736 g/mol. The molecule has 3 aromatic carbocycles. The summed E-state index contributed by atoms with van der Waals surface area (Å²) in [7, 11) is -0.915. The number of ether oxygens (including phenoxy) is 6. The normalized spacial score (nSPS) is 15.2. The Balaban J connectivity index is 2.19. The largest absolute Gasteiger partial charge is 0.444 e. The van der Waals surface area contributed by atoms with Crippen LogP contribution >= 0.6 is 0 Å². The van der Waals surface area contributed by atoms with Crippen LogP contribution in [0.5, 0.6) is 0 Å². The predicted molar refractivity (Wildman–Crippen MR) is 208 cm³/mol. The third-order valence-corrected chi connectivity index (χ3v) is 13.4. The number of benzene rings is 3. The first-order valence-corrected chi connectivity index (χ1v) is 20.9. The van der Waals surface area contributed by atoms with Crippen molar-refractivity contribution in [2.24, 2.45) is 0 Å². The average Bonchev–Trinajstić information content (AvgIpc) is 3.09. The molecule has 1 amide bonds. The van der Waals surface area contributed by atoms with Crippen molar-refractivity contribution >= 4 is 14.4 Å². The van der Waals surface area contributed by atoms with Crippen LogP contribution in [0.4, 0.5) is 4.79 Å². The van der Waals surface area contributed by atoms with Gasteiger partial charge in [0.15, 0.2) is 8.32 Å². The Morgan fingerprint density at radius 1 is 0.750 bits per heavy atom. The fourth-order valence-corrected chi connectivity index (χ4v) is 6.54. The highest BCUT2D eigenvalue weighted by molar-refractivity contribution is 6.74. The van der Waals surface area contributed by atoms with Gasteiger partial charge in [-0.05, 0) is 55.6 Å². The highest BCUT2D eigenvalue weighted by Crippen LogP contribution is 2.38. The number of hydrogen-bond donors (Lipinski definition) is 1. The molecule has 0 aliphatic heterocycles. The van der Waals surface area contributed by atoms with Gasteiger partial charge >= 0.3 is 6.09 Å². The maximum Gasteiger partial charge on any atom is 0.408 e. The summed E-state index contributed by atoms with van der Waals surface area (Å²) in [6.07, 6.45) is -2.03. The van der Waals surface area contributed by atoms with Crippen molar-refractivity contribution in [2.75, 3.05) is 20.5 Å². The molecule has 286 valence electrons. The van der Waals surface area contributed by atoms with Gasteiger partial charge in [-0.15, -0.1) is 6.58 Å². The van der Waals surface area contributed by atoms with Crippen LogP contribution in [-0.4, -0.2) is 71.0 Å². The van der Waals surface area contributed by atoms with E-state index in [0.29, 0.717) is 6.61 Å². The maximum atomic E-state index is 13.6. The van der Waals surface area contributed by atoms with Crippen molar-refractivity contribution in [2.45, 2.75) is 116 Å². The van der Waals surface area contributed by atoms with E-state index in [4.69, 9.17) is 32.8 Å². The second-order valence-corrected chi connectivity index (χ2v) is 20.1. The number of methoxy groups -OCH3 is 1. The fraction of sp³-hybridized carbons (Fsp3) is 0.500. The van der Waals surface area contributed by atoms with E-state index in [9.17, 15) is 4.79 Å². The van der Waals surface area contributed by atoms with Crippen molar-refractivity contribution < 1.29 is 37.6 Å². The molecule has 0 aliphatic carbocycles. The van der Waals surface area contributed by atoms with Crippen molar-refractivity contribution in [1.82, 2.24) is 5.32 Å². The van der Waals surface area contributed by atoms with Gasteiger partial charge in [-0.3, -0.25) is 0 Å². The number of carbonyl (C=O) groups is 1. The molecule has 0 saturated carbocycles. The second kappa shape index (κ2) is 20.8. The minimum absolute atomic E-state index is 0.0474. The molecule has 3 rings (SSSR count). The number of alkyl carbamates (subject to hydrolysis) is 1. The van der Waals surface area contributed by atoms with Gasteiger partial charge in [-0.1, -0.05) is 118 Å². The zero-order chi connectivity index (χ0) is 38.2. The van der Waals surface area contributed by atoms with E-state index in [-0.39, 0.29) is 31.7 Å². The van der Waals surface area contributed by atoms with Crippen LogP contribution in [0.1, 0.15) is 58.2 Å². The van der Waals surface area contributed by atoms with Crippen LogP contribution in [0.2, 0.25) is 18.1 Å².